The number of phenols is 1. The lowest BCUT2D eigenvalue weighted by molar-refractivity contribution is 0.111. The van der Waals surface area contributed by atoms with Crippen molar-refractivity contribution in [1.82, 2.24) is 0 Å². The number of hydrogen-bond donors (Lipinski definition) is 1. The SMILES string of the molecule is BrC1CCCC1.COc1cc(C=O)ccc1O.COc1cc(C=O)ccc1OC1CCCC1. The van der Waals surface area contributed by atoms with Crippen molar-refractivity contribution in [1.29, 1.82) is 0 Å². The number of carbonyl (C=O) groups is 2. The molecule has 180 valence electrons. The molecule has 0 atom stereocenters. The molecule has 2 aromatic rings. The van der Waals surface area contributed by atoms with Crippen molar-refractivity contribution >= 4 is 28.5 Å². The number of phenolic OH excluding ortho intramolecular Hbond substituents is 1. The van der Waals surface area contributed by atoms with E-state index in [1.54, 1.807) is 25.3 Å². The fraction of sp³-hybridized carbons (Fsp3) is 0.462. The number of aromatic hydroxyl groups is 1. The Bertz CT molecular complexity index is 873. The van der Waals surface area contributed by atoms with E-state index in [1.165, 1.54) is 63.8 Å². The summed E-state index contributed by atoms with van der Waals surface area (Å²) in [6.45, 7) is 0. The first-order valence-electron chi connectivity index (χ1n) is 11.3. The van der Waals surface area contributed by atoms with Crippen LogP contribution in [-0.4, -0.2) is 42.8 Å². The average Bonchev–Trinajstić information content (AvgIpc) is 3.54. The van der Waals surface area contributed by atoms with Crippen LogP contribution in [0, 0.1) is 0 Å². The third kappa shape index (κ3) is 9.08. The van der Waals surface area contributed by atoms with E-state index in [9.17, 15) is 9.59 Å². The van der Waals surface area contributed by atoms with Crippen molar-refractivity contribution in [3.8, 4) is 23.0 Å². The molecular formula is C26H33BrO6. The van der Waals surface area contributed by atoms with Crippen molar-refractivity contribution in [2.24, 2.45) is 0 Å². The van der Waals surface area contributed by atoms with Crippen LogP contribution in [0.5, 0.6) is 23.0 Å². The van der Waals surface area contributed by atoms with Crippen molar-refractivity contribution in [3.63, 3.8) is 0 Å². The van der Waals surface area contributed by atoms with Gasteiger partial charge in [-0.2, -0.15) is 0 Å². The second kappa shape index (κ2) is 14.6. The van der Waals surface area contributed by atoms with E-state index in [0.717, 1.165) is 29.7 Å². The van der Waals surface area contributed by atoms with Crippen LogP contribution in [0.15, 0.2) is 36.4 Å². The van der Waals surface area contributed by atoms with Gasteiger partial charge in [0.25, 0.3) is 0 Å². The standard InChI is InChI=1S/C13H16O3.C8H8O3.C5H9Br/c1-15-13-8-10(9-14)6-7-12(13)16-11-4-2-3-5-11;1-11-8-4-6(5-9)2-3-7(8)10;6-5-3-1-2-4-5/h6-9,11H,2-5H2,1H3;2-5,10H,1H3;5H,1-4H2. The summed E-state index contributed by atoms with van der Waals surface area (Å²) in [5.41, 5.74) is 1.09. The fourth-order valence-corrected chi connectivity index (χ4v) is 4.33. The van der Waals surface area contributed by atoms with E-state index in [1.807, 2.05) is 0 Å². The smallest absolute Gasteiger partial charge is 0.161 e. The van der Waals surface area contributed by atoms with Crippen LogP contribution < -0.4 is 14.2 Å². The molecule has 0 saturated heterocycles. The second-order valence-corrected chi connectivity index (χ2v) is 9.28. The van der Waals surface area contributed by atoms with Crippen LogP contribution in [0.2, 0.25) is 0 Å². The summed E-state index contributed by atoms with van der Waals surface area (Å²) in [5, 5.41) is 9.09. The summed E-state index contributed by atoms with van der Waals surface area (Å²) in [4.78, 5) is 21.7. The fourth-order valence-electron chi connectivity index (χ4n) is 3.68. The van der Waals surface area contributed by atoms with E-state index >= 15 is 0 Å². The maximum atomic E-state index is 10.6. The lowest BCUT2D eigenvalue weighted by atomic mass is 10.2. The largest absolute Gasteiger partial charge is 0.504 e. The second-order valence-electron chi connectivity index (χ2n) is 7.98. The third-order valence-corrected chi connectivity index (χ3v) is 6.46. The normalized spacial score (nSPS) is 15.5. The van der Waals surface area contributed by atoms with E-state index in [4.69, 9.17) is 19.3 Å². The first-order chi connectivity index (χ1) is 16.0. The zero-order valence-corrected chi connectivity index (χ0v) is 20.9. The Morgan fingerprint density at radius 1 is 0.788 bits per heavy atom. The summed E-state index contributed by atoms with van der Waals surface area (Å²) < 4.78 is 15.8. The molecule has 0 amide bonds. The van der Waals surface area contributed by atoms with Gasteiger partial charge in [-0.3, -0.25) is 9.59 Å². The van der Waals surface area contributed by atoms with Crippen molar-refractivity contribution < 1.29 is 28.9 Å². The monoisotopic (exact) mass is 520 g/mol. The van der Waals surface area contributed by atoms with Crippen LogP contribution in [0.3, 0.4) is 0 Å². The number of halogens is 1. The Morgan fingerprint density at radius 2 is 1.30 bits per heavy atom. The molecule has 4 rings (SSSR count). The van der Waals surface area contributed by atoms with Gasteiger partial charge in [-0.15, -0.1) is 0 Å². The zero-order chi connectivity index (χ0) is 24.1. The van der Waals surface area contributed by atoms with E-state index < -0.39 is 0 Å². The maximum Gasteiger partial charge on any atom is 0.161 e. The number of aldehydes is 2. The molecule has 2 aromatic carbocycles. The van der Waals surface area contributed by atoms with Gasteiger partial charge in [0.1, 0.15) is 12.6 Å². The highest BCUT2D eigenvalue weighted by Gasteiger charge is 2.18. The third-order valence-electron chi connectivity index (χ3n) is 5.54. The number of rotatable bonds is 6. The Morgan fingerprint density at radius 3 is 1.79 bits per heavy atom. The summed E-state index contributed by atoms with van der Waals surface area (Å²) >= 11 is 3.54. The van der Waals surface area contributed by atoms with Gasteiger partial charge >= 0.3 is 0 Å². The molecule has 6 nitrogen and oxygen atoms in total. The highest BCUT2D eigenvalue weighted by atomic mass is 79.9. The molecule has 33 heavy (non-hydrogen) atoms. The van der Waals surface area contributed by atoms with Gasteiger partial charge in [-0.1, -0.05) is 28.8 Å². The molecule has 2 fully saturated rings. The molecule has 7 heteroatoms. The van der Waals surface area contributed by atoms with Gasteiger partial charge in [0.2, 0.25) is 0 Å². The lowest BCUT2D eigenvalue weighted by Gasteiger charge is -2.15. The first kappa shape index (κ1) is 26.7. The molecular weight excluding hydrogens is 488 g/mol. The lowest BCUT2D eigenvalue weighted by Crippen LogP contribution is -2.11. The summed E-state index contributed by atoms with van der Waals surface area (Å²) in [5.74, 6) is 1.73. The van der Waals surface area contributed by atoms with Crippen LogP contribution >= 0.6 is 15.9 Å². The number of methoxy groups -OCH3 is 2. The molecule has 0 heterocycles. The Balaban J connectivity index is 0.000000195. The zero-order valence-electron chi connectivity index (χ0n) is 19.3. The van der Waals surface area contributed by atoms with Crippen LogP contribution in [0.25, 0.3) is 0 Å². The van der Waals surface area contributed by atoms with Crippen molar-refractivity contribution in [2.75, 3.05) is 14.2 Å². The number of carbonyl (C=O) groups excluding carboxylic acids is 2. The molecule has 0 aliphatic heterocycles. The summed E-state index contributed by atoms with van der Waals surface area (Å²) in [6.07, 6.45) is 12.2. The molecule has 2 aliphatic rings. The van der Waals surface area contributed by atoms with Crippen molar-refractivity contribution in [2.45, 2.75) is 62.3 Å². The maximum absolute atomic E-state index is 10.6. The Labute approximate surface area is 204 Å². The molecule has 2 aliphatic carbocycles. The first-order valence-corrected chi connectivity index (χ1v) is 12.2. The van der Waals surface area contributed by atoms with E-state index in [-0.39, 0.29) is 5.75 Å². The average molecular weight is 521 g/mol. The molecule has 1 N–H and O–H groups in total. The minimum absolute atomic E-state index is 0.0399. The minimum atomic E-state index is 0.0399. The number of benzene rings is 2. The van der Waals surface area contributed by atoms with E-state index in [2.05, 4.69) is 15.9 Å². The predicted octanol–water partition coefficient (Wildman–Crippen LogP) is 6.37. The topological polar surface area (TPSA) is 82.1 Å². The Kier molecular flexibility index (Phi) is 11.8. The quantitative estimate of drug-likeness (QED) is 0.352. The number of hydrogen-bond acceptors (Lipinski definition) is 6. The van der Waals surface area contributed by atoms with Crippen LogP contribution in [-0.2, 0) is 0 Å². The van der Waals surface area contributed by atoms with Gasteiger partial charge in [-0.25, -0.2) is 0 Å². The van der Waals surface area contributed by atoms with Crippen molar-refractivity contribution in [3.05, 3.63) is 47.5 Å². The minimum Gasteiger partial charge on any atom is -0.504 e. The summed E-state index contributed by atoms with van der Waals surface area (Å²) in [7, 11) is 3.02. The highest BCUT2D eigenvalue weighted by molar-refractivity contribution is 9.09. The Hall–Kier alpha value is -2.54. The van der Waals surface area contributed by atoms with Gasteiger partial charge in [-0.05, 0) is 74.9 Å². The van der Waals surface area contributed by atoms with Crippen LogP contribution in [0.4, 0.5) is 0 Å². The predicted molar refractivity (Wildman–Crippen MR) is 132 cm³/mol. The molecule has 0 unspecified atom stereocenters. The molecule has 0 radical (unpaired) electrons. The van der Waals surface area contributed by atoms with Crippen LogP contribution in [0.1, 0.15) is 72.1 Å². The molecule has 0 bridgehead atoms. The van der Waals surface area contributed by atoms with Gasteiger partial charge in [0, 0.05) is 16.0 Å². The van der Waals surface area contributed by atoms with Gasteiger partial charge < -0.3 is 19.3 Å². The highest BCUT2D eigenvalue weighted by Crippen LogP contribution is 2.32. The molecule has 2 saturated carbocycles. The number of ether oxygens (including phenoxy) is 3. The molecule has 0 spiro atoms. The number of alkyl halides is 1. The molecule has 0 aromatic heterocycles. The summed E-state index contributed by atoms with van der Waals surface area (Å²) in [6, 6.07) is 9.67. The van der Waals surface area contributed by atoms with E-state index in [0.29, 0.717) is 35.0 Å². The van der Waals surface area contributed by atoms with Gasteiger partial charge in [0.05, 0.1) is 20.3 Å². The van der Waals surface area contributed by atoms with Gasteiger partial charge in [0.15, 0.2) is 23.0 Å².